The number of carboxylic acids is 2. The summed E-state index contributed by atoms with van der Waals surface area (Å²) in [7, 11) is 0. The van der Waals surface area contributed by atoms with Gasteiger partial charge in [-0.25, -0.2) is 0 Å². The third kappa shape index (κ3) is 18.2. The zero-order valence-electron chi connectivity index (χ0n) is 15.0. The number of hydrogen-bond donors (Lipinski definition) is 4. The Kier molecular flexibility index (Phi) is 14.9. The fourth-order valence-electron chi connectivity index (χ4n) is 2.04. The van der Waals surface area contributed by atoms with Crippen LogP contribution >= 0.6 is 0 Å². The zero-order valence-corrected chi connectivity index (χ0v) is 15.0. The first-order valence-electron chi connectivity index (χ1n) is 8.88. The minimum atomic E-state index is -0.863. The maximum absolute atomic E-state index is 10.4. The Morgan fingerprint density at radius 3 is 1.92 bits per heavy atom. The van der Waals surface area contributed by atoms with E-state index < -0.39 is 24.1 Å². The molecular weight excluding hydrogens is 336 g/mol. The first-order chi connectivity index (χ1) is 12.4. The van der Waals surface area contributed by atoms with Crippen LogP contribution in [-0.2, 0) is 9.59 Å². The SMILES string of the molecule is O=C(O)CCCC/C=C\C[C@@H](O)/C=C/C=C/C=C\[C@H](O)CCCC(=O)O. The molecule has 0 amide bonds. The minimum absolute atomic E-state index is 0.0537. The summed E-state index contributed by atoms with van der Waals surface area (Å²) in [5.74, 6) is -1.64. The Balaban J connectivity index is 3.80. The van der Waals surface area contributed by atoms with Gasteiger partial charge in [0.25, 0.3) is 0 Å². The van der Waals surface area contributed by atoms with Crippen LogP contribution in [0.4, 0.5) is 0 Å². The lowest BCUT2D eigenvalue weighted by molar-refractivity contribution is -0.138. The highest BCUT2D eigenvalue weighted by Gasteiger charge is 2.01. The van der Waals surface area contributed by atoms with Gasteiger partial charge in [0.15, 0.2) is 0 Å². The number of carboxylic acid groups (broad SMARTS) is 2. The van der Waals surface area contributed by atoms with Crippen molar-refractivity contribution in [2.75, 3.05) is 0 Å². The van der Waals surface area contributed by atoms with Crippen LogP contribution in [0.1, 0.15) is 51.4 Å². The van der Waals surface area contributed by atoms with Gasteiger partial charge < -0.3 is 20.4 Å². The van der Waals surface area contributed by atoms with Crippen LogP contribution in [0.2, 0.25) is 0 Å². The average Bonchev–Trinajstić information content (AvgIpc) is 2.56. The van der Waals surface area contributed by atoms with Crippen LogP contribution in [-0.4, -0.2) is 44.6 Å². The van der Waals surface area contributed by atoms with E-state index in [0.29, 0.717) is 25.7 Å². The quantitative estimate of drug-likeness (QED) is 0.201. The maximum Gasteiger partial charge on any atom is 0.303 e. The van der Waals surface area contributed by atoms with Crippen molar-refractivity contribution in [2.24, 2.45) is 0 Å². The largest absolute Gasteiger partial charge is 0.481 e. The third-order valence-corrected chi connectivity index (χ3v) is 3.45. The van der Waals surface area contributed by atoms with E-state index in [1.54, 1.807) is 36.5 Å². The van der Waals surface area contributed by atoms with E-state index >= 15 is 0 Å². The molecule has 0 aliphatic rings. The number of carbonyl (C=O) groups is 2. The van der Waals surface area contributed by atoms with Crippen molar-refractivity contribution in [1.29, 1.82) is 0 Å². The molecule has 0 rings (SSSR count). The predicted molar refractivity (Wildman–Crippen MR) is 101 cm³/mol. The Bertz CT molecular complexity index is 504. The first kappa shape index (κ1) is 23.8. The number of unbranched alkanes of at least 4 members (excludes halogenated alkanes) is 2. The third-order valence-electron chi connectivity index (χ3n) is 3.45. The summed E-state index contributed by atoms with van der Waals surface area (Å²) in [6.45, 7) is 0. The number of hydrogen-bond acceptors (Lipinski definition) is 4. The van der Waals surface area contributed by atoms with Crippen LogP contribution in [0.3, 0.4) is 0 Å². The summed E-state index contributed by atoms with van der Waals surface area (Å²) in [4.78, 5) is 20.7. The first-order valence-corrected chi connectivity index (χ1v) is 8.88. The Hall–Kier alpha value is -2.18. The molecule has 6 heteroatoms. The van der Waals surface area contributed by atoms with Crippen molar-refractivity contribution < 1.29 is 30.0 Å². The molecule has 0 aliphatic carbocycles. The average molecular weight is 366 g/mol. The Morgan fingerprint density at radius 2 is 1.31 bits per heavy atom. The summed E-state index contributed by atoms with van der Waals surface area (Å²) in [5, 5.41) is 36.4. The molecule has 0 heterocycles. The molecule has 26 heavy (non-hydrogen) atoms. The van der Waals surface area contributed by atoms with Gasteiger partial charge in [-0.15, -0.1) is 0 Å². The van der Waals surface area contributed by atoms with Crippen molar-refractivity contribution in [1.82, 2.24) is 0 Å². The fraction of sp³-hybridized carbons (Fsp3) is 0.500. The van der Waals surface area contributed by atoms with Crippen molar-refractivity contribution in [2.45, 2.75) is 63.6 Å². The second-order valence-corrected chi connectivity index (χ2v) is 5.92. The van der Waals surface area contributed by atoms with Gasteiger partial charge in [0, 0.05) is 12.8 Å². The molecule has 0 aromatic carbocycles. The van der Waals surface area contributed by atoms with Crippen molar-refractivity contribution >= 4 is 11.9 Å². The molecule has 0 radical (unpaired) electrons. The van der Waals surface area contributed by atoms with Crippen LogP contribution in [0.25, 0.3) is 0 Å². The predicted octanol–water partition coefficient (Wildman–Crippen LogP) is 3.22. The van der Waals surface area contributed by atoms with Gasteiger partial charge in [-0.2, -0.15) is 0 Å². The van der Waals surface area contributed by atoms with Crippen LogP contribution < -0.4 is 0 Å². The van der Waals surface area contributed by atoms with E-state index in [2.05, 4.69) is 0 Å². The number of aliphatic hydroxyl groups excluding tert-OH is 2. The van der Waals surface area contributed by atoms with E-state index in [9.17, 15) is 19.8 Å². The molecule has 0 saturated carbocycles. The van der Waals surface area contributed by atoms with Gasteiger partial charge in [0.1, 0.15) is 0 Å². The Labute approximate surface area is 154 Å². The monoisotopic (exact) mass is 366 g/mol. The van der Waals surface area contributed by atoms with E-state index in [4.69, 9.17) is 10.2 Å². The summed E-state index contributed by atoms with van der Waals surface area (Å²) in [6, 6.07) is 0. The molecule has 0 saturated heterocycles. The van der Waals surface area contributed by atoms with Gasteiger partial charge in [-0.05, 0) is 38.5 Å². The zero-order chi connectivity index (χ0) is 19.6. The second kappa shape index (κ2) is 16.3. The van der Waals surface area contributed by atoms with Crippen LogP contribution in [0, 0.1) is 0 Å². The molecule has 2 atom stereocenters. The standard InChI is InChI=1S/C20H30O6/c21-17(11-6-2-1-3-9-15-19(23)24)12-7-4-5-8-13-18(22)14-10-16-20(25)26/h2,4-8,12-13,17-18,21-22H,1,3,9-11,14-16H2,(H,23,24)(H,25,26)/b5-4+,6-2-,12-7+,13-8-/t17-,18+/m1/s1. The molecule has 146 valence electrons. The molecule has 0 unspecified atom stereocenters. The normalized spacial score (nSPS) is 14.7. The highest BCUT2D eigenvalue weighted by molar-refractivity contribution is 5.66. The van der Waals surface area contributed by atoms with Gasteiger partial charge in [0.2, 0.25) is 0 Å². The van der Waals surface area contributed by atoms with Crippen molar-refractivity contribution in [3.05, 3.63) is 48.6 Å². The van der Waals surface area contributed by atoms with Crippen molar-refractivity contribution in [3.8, 4) is 0 Å². The van der Waals surface area contributed by atoms with Gasteiger partial charge >= 0.3 is 11.9 Å². The lowest BCUT2D eigenvalue weighted by Gasteiger charge is -2.02. The smallest absolute Gasteiger partial charge is 0.303 e. The molecule has 0 aliphatic heterocycles. The number of allylic oxidation sites excluding steroid dienone is 5. The number of aliphatic carboxylic acids is 2. The second-order valence-electron chi connectivity index (χ2n) is 5.92. The van der Waals surface area contributed by atoms with Crippen molar-refractivity contribution in [3.63, 3.8) is 0 Å². The summed E-state index contributed by atoms with van der Waals surface area (Å²) in [5.41, 5.74) is 0. The molecule has 0 bridgehead atoms. The maximum atomic E-state index is 10.4. The molecule has 4 N–H and O–H groups in total. The van der Waals surface area contributed by atoms with Gasteiger partial charge in [-0.1, -0.05) is 48.6 Å². The molecule has 0 aromatic heterocycles. The van der Waals surface area contributed by atoms with E-state index in [1.807, 2.05) is 12.2 Å². The molecule has 0 spiro atoms. The fourth-order valence-corrected chi connectivity index (χ4v) is 2.04. The van der Waals surface area contributed by atoms with E-state index in [0.717, 1.165) is 12.8 Å². The van der Waals surface area contributed by atoms with Gasteiger partial charge in [0.05, 0.1) is 12.2 Å². The van der Waals surface area contributed by atoms with Gasteiger partial charge in [-0.3, -0.25) is 9.59 Å². The molecule has 6 nitrogen and oxygen atoms in total. The summed E-state index contributed by atoms with van der Waals surface area (Å²) >= 11 is 0. The number of rotatable bonds is 15. The summed E-state index contributed by atoms with van der Waals surface area (Å²) < 4.78 is 0. The lowest BCUT2D eigenvalue weighted by Crippen LogP contribution is -2.03. The molecule has 0 fully saturated rings. The highest BCUT2D eigenvalue weighted by Crippen LogP contribution is 2.04. The topological polar surface area (TPSA) is 115 Å². The van der Waals surface area contributed by atoms with Crippen LogP contribution in [0.15, 0.2) is 48.6 Å². The molecular formula is C20H30O6. The summed E-state index contributed by atoms with van der Waals surface area (Å²) in [6.07, 6.45) is 16.6. The van der Waals surface area contributed by atoms with Crippen LogP contribution in [0.5, 0.6) is 0 Å². The Morgan fingerprint density at radius 1 is 0.731 bits per heavy atom. The highest BCUT2D eigenvalue weighted by atomic mass is 16.4. The number of aliphatic hydroxyl groups is 2. The van der Waals surface area contributed by atoms with E-state index in [-0.39, 0.29) is 12.8 Å². The minimum Gasteiger partial charge on any atom is -0.481 e. The lowest BCUT2D eigenvalue weighted by atomic mass is 10.1. The molecule has 0 aromatic rings. The van der Waals surface area contributed by atoms with E-state index in [1.165, 1.54) is 0 Å².